The Bertz CT molecular complexity index is 1210. The van der Waals surface area contributed by atoms with E-state index in [1.807, 2.05) is 6.92 Å². The second kappa shape index (κ2) is 11.6. The number of esters is 1. The summed E-state index contributed by atoms with van der Waals surface area (Å²) in [4.78, 5) is 37.1. The van der Waals surface area contributed by atoms with Gasteiger partial charge in [-0.15, -0.1) is 11.3 Å². The second-order valence-corrected chi connectivity index (χ2v) is 7.70. The van der Waals surface area contributed by atoms with Crippen LogP contribution < -0.4 is 25.0 Å². The minimum absolute atomic E-state index is 0.244. The molecule has 0 saturated carbocycles. The van der Waals surface area contributed by atoms with Crippen molar-refractivity contribution >= 4 is 40.5 Å². The third kappa shape index (κ3) is 6.20. The molecule has 0 saturated heterocycles. The van der Waals surface area contributed by atoms with Gasteiger partial charge in [0.2, 0.25) is 0 Å². The first kappa shape index (κ1) is 24.5. The molecular formula is C24H23N3O6S. The standard InChI is InChI=1S/C24H23N3O6S/c1-4-32-18-9-6-5-8-17(18)25-22(28)23(29)27-26-15(2)16-11-12-19(20(14-16)31-3)33-24(30)21-10-7-13-34-21/h5-14H,4H2,1-3H3,(H,25,28)(H,27,29)/b26-15+. The molecule has 34 heavy (non-hydrogen) atoms. The van der Waals surface area contributed by atoms with Crippen molar-refractivity contribution in [3.8, 4) is 17.2 Å². The summed E-state index contributed by atoms with van der Waals surface area (Å²) in [5.41, 5.74) is 3.60. The lowest BCUT2D eigenvalue weighted by Gasteiger charge is -2.11. The maximum absolute atomic E-state index is 12.2. The third-order valence-electron chi connectivity index (χ3n) is 4.47. The number of nitrogens with one attached hydrogen (secondary N) is 2. The highest BCUT2D eigenvalue weighted by molar-refractivity contribution is 7.12. The zero-order chi connectivity index (χ0) is 24.5. The van der Waals surface area contributed by atoms with Crippen molar-refractivity contribution in [1.82, 2.24) is 5.43 Å². The van der Waals surface area contributed by atoms with Crippen LogP contribution in [0.2, 0.25) is 0 Å². The fraction of sp³-hybridized carbons (Fsp3) is 0.167. The van der Waals surface area contributed by atoms with Crippen LogP contribution in [-0.2, 0) is 9.59 Å². The van der Waals surface area contributed by atoms with Gasteiger partial charge in [-0.05, 0) is 55.6 Å². The summed E-state index contributed by atoms with van der Waals surface area (Å²) in [7, 11) is 1.44. The summed E-state index contributed by atoms with van der Waals surface area (Å²) < 4.78 is 16.2. The molecule has 0 bridgehead atoms. The van der Waals surface area contributed by atoms with E-state index in [9.17, 15) is 14.4 Å². The molecule has 0 aliphatic heterocycles. The Labute approximate surface area is 200 Å². The number of amides is 2. The van der Waals surface area contributed by atoms with Crippen LogP contribution >= 0.6 is 11.3 Å². The van der Waals surface area contributed by atoms with Gasteiger partial charge in [0.25, 0.3) is 0 Å². The monoisotopic (exact) mass is 481 g/mol. The van der Waals surface area contributed by atoms with Crippen molar-refractivity contribution in [2.24, 2.45) is 5.10 Å². The minimum atomic E-state index is -0.945. The molecule has 0 unspecified atom stereocenters. The number of benzene rings is 2. The number of hydrogen-bond donors (Lipinski definition) is 2. The molecule has 176 valence electrons. The fourth-order valence-corrected chi connectivity index (χ4v) is 3.40. The molecule has 2 amide bonds. The lowest BCUT2D eigenvalue weighted by Crippen LogP contribution is -2.33. The molecule has 1 aromatic heterocycles. The Morgan fingerprint density at radius 1 is 0.971 bits per heavy atom. The normalized spacial score (nSPS) is 10.9. The number of hydrogen-bond acceptors (Lipinski definition) is 8. The maximum Gasteiger partial charge on any atom is 0.353 e. The smallest absolute Gasteiger partial charge is 0.353 e. The summed E-state index contributed by atoms with van der Waals surface area (Å²) in [6.07, 6.45) is 0. The average Bonchev–Trinajstić information content (AvgIpc) is 3.39. The van der Waals surface area contributed by atoms with Gasteiger partial charge in [-0.1, -0.05) is 18.2 Å². The first-order chi connectivity index (χ1) is 16.4. The summed E-state index contributed by atoms with van der Waals surface area (Å²) in [5.74, 6) is -1.31. The van der Waals surface area contributed by atoms with Crippen molar-refractivity contribution in [3.05, 3.63) is 70.4 Å². The van der Waals surface area contributed by atoms with E-state index < -0.39 is 17.8 Å². The zero-order valence-corrected chi connectivity index (χ0v) is 19.6. The van der Waals surface area contributed by atoms with Crippen LogP contribution in [0.15, 0.2) is 65.1 Å². The first-order valence-corrected chi connectivity index (χ1v) is 11.1. The molecule has 0 radical (unpaired) electrons. The van der Waals surface area contributed by atoms with E-state index in [0.717, 1.165) is 0 Å². The SMILES string of the molecule is CCOc1ccccc1NC(=O)C(=O)N/N=C(\C)c1ccc(OC(=O)c2cccs2)c(OC)c1. The van der Waals surface area contributed by atoms with Crippen LogP contribution in [-0.4, -0.2) is 37.2 Å². The number of methoxy groups -OCH3 is 1. The molecule has 1 heterocycles. The largest absolute Gasteiger partial charge is 0.493 e. The third-order valence-corrected chi connectivity index (χ3v) is 5.32. The maximum atomic E-state index is 12.2. The Hall–Kier alpha value is -4.18. The number of para-hydroxylation sites is 2. The van der Waals surface area contributed by atoms with Crippen LogP contribution in [0.4, 0.5) is 5.69 Å². The molecule has 0 aliphatic rings. The highest BCUT2D eigenvalue weighted by Gasteiger charge is 2.17. The van der Waals surface area contributed by atoms with Gasteiger partial charge in [-0.2, -0.15) is 5.10 Å². The molecule has 2 N–H and O–H groups in total. The van der Waals surface area contributed by atoms with E-state index in [0.29, 0.717) is 39.9 Å². The topological polar surface area (TPSA) is 115 Å². The van der Waals surface area contributed by atoms with E-state index in [-0.39, 0.29) is 5.75 Å². The van der Waals surface area contributed by atoms with Gasteiger partial charge in [-0.25, -0.2) is 10.2 Å². The molecule has 2 aromatic carbocycles. The van der Waals surface area contributed by atoms with Gasteiger partial charge in [0, 0.05) is 5.56 Å². The first-order valence-electron chi connectivity index (χ1n) is 10.2. The van der Waals surface area contributed by atoms with Crippen molar-refractivity contribution in [1.29, 1.82) is 0 Å². The molecule has 0 atom stereocenters. The lowest BCUT2D eigenvalue weighted by atomic mass is 10.1. The number of carbonyl (C=O) groups excluding carboxylic acids is 3. The van der Waals surface area contributed by atoms with Crippen LogP contribution in [0.5, 0.6) is 17.2 Å². The molecular weight excluding hydrogens is 458 g/mol. The van der Waals surface area contributed by atoms with Crippen LogP contribution in [0.1, 0.15) is 29.1 Å². The van der Waals surface area contributed by atoms with E-state index in [1.54, 1.807) is 66.9 Å². The predicted molar refractivity (Wildman–Crippen MR) is 129 cm³/mol. The summed E-state index contributed by atoms with van der Waals surface area (Å²) >= 11 is 1.27. The highest BCUT2D eigenvalue weighted by Crippen LogP contribution is 2.29. The molecule has 0 aliphatic carbocycles. The van der Waals surface area contributed by atoms with Crippen molar-refractivity contribution in [2.75, 3.05) is 19.0 Å². The number of rotatable bonds is 8. The van der Waals surface area contributed by atoms with Crippen molar-refractivity contribution in [3.63, 3.8) is 0 Å². The van der Waals surface area contributed by atoms with E-state index in [2.05, 4.69) is 15.8 Å². The van der Waals surface area contributed by atoms with E-state index in [1.165, 1.54) is 18.4 Å². The summed E-state index contributed by atoms with van der Waals surface area (Å²) in [5, 5.41) is 8.27. The van der Waals surface area contributed by atoms with Crippen molar-refractivity contribution < 1.29 is 28.6 Å². The Morgan fingerprint density at radius 3 is 2.47 bits per heavy atom. The number of nitrogens with zero attached hydrogens (tertiary/aromatic N) is 1. The summed E-state index contributed by atoms with van der Waals surface area (Å²) in [6.45, 7) is 3.88. The van der Waals surface area contributed by atoms with E-state index in [4.69, 9.17) is 14.2 Å². The molecule has 3 rings (SSSR count). The number of anilines is 1. The number of ether oxygens (including phenoxy) is 3. The van der Waals surface area contributed by atoms with Crippen molar-refractivity contribution in [2.45, 2.75) is 13.8 Å². The minimum Gasteiger partial charge on any atom is -0.493 e. The predicted octanol–water partition coefficient (Wildman–Crippen LogP) is 3.85. The lowest BCUT2D eigenvalue weighted by molar-refractivity contribution is -0.136. The fourth-order valence-electron chi connectivity index (χ4n) is 2.80. The van der Waals surface area contributed by atoms with Gasteiger partial charge in [0.1, 0.15) is 10.6 Å². The molecule has 10 heteroatoms. The van der Waals surface area contributed by atoms with Gasteiger partial charge in [-0.3, -0.25) is 9.59 Å². The van der Waals surface area contributed by atoms with E-state index >= 15 is 0 Å². The number of thiophene rings is 1. The van der Waals surface area contributed by atoms with Crippen LogP contribution in [0.3, 0.4) is 0 Å². The quantitative estimate of drug-likeness (QED) is 0.166. The molecule has 9 nitrogen and oxygen atoms in total. The van der Waals surface area contributed by atoms with Crippen LogP contribution in [0, 0.1) is 0 Å². The molecule has 0 fully saturated rings. The van der Waals surface area contributed by atoms with Gasteiger partial charge in [0.15, 0.2) is 11.5 Å². The van der Waals surface area contributed by atoms with Crippen LogP contribution in [0.25, 0.3) is 0 Å². The second-order valence-electron chi connectivity index (χ2n) is 6.75. The number of hydrazone groups is 1. The Kier molecular flexibility index (Phi) is 8.36. The van der Waals surface area contributed by atoms with Gasteiger partial charge in [0.05, 0.1) is 25.1 Å². The van der Waals surface area contributed by atoms with Gasteiger partial charge < -0.3 is 19.5 Å². The average molecular weight is 482 g/mol. The number of carbonyl (C=O) groups is 3. The highest BCUT2D eigenvalue weighted by atomic mass is 32.1. The Balaban J connectivity index is 1.65. The molecule has 3 aromatic rings. The zero-order valence-electron chi connectivity index (χ0n) is 18.8. The Morgan fingerprint density at radius 2 is 1.76 bits per heavy atom. The van der Waals surface area contributed by atoms with Gasteiger partial charge >= 0.3 is 17.8 Å². The summed E-state index contributed by atoms with van der Waals surface area (Å²) in [6, 6.07) is 15.1. The molecule has 0 spiro atoms.